The molecule has 0 aromatic rings. The molecule has 1 N–H and O–H groups in total. The van der Waals surface area contributed by atoms with Gasteiger partial charge < -0.3 is 14.6 Å². The highest BCUT2D eigenvalue weighted by molar-refractivity contribution is 7.91. The molecule has 0 heterocycles. The van der Waals surface area contributed by atoms with E-state index >= 15 is 0 Å². The fourth-order valence-electron chi connectivity index (χ4n) is 1.43. The molecule has 0 aromatic heterocycles. The lowest BCUT2D eigenvalue weighted by Gasteiger charge is -2.27. The normalized spacial score (nSPS) is 12.7. The predicted octanol–water partition coefficient (Wildman–Crippen LogP) is 2.08. The maximum absolute atomic E-state index is 11.9. The molecule has 7 nitrogen and oxygen atoms in total. The van der Waals surface area contributed by atoms with Crippen molar-refractivity contribution in [3.8, 4) is 0 Å². The summed E-state index contributed by atoms with van der Waals surface area (Å²) in [6.07, 6.45) is 0.824. The van der Waals surface area contributed by atoms with Crippen molar-refractivity contribution in [2.45, 2.75) is 38.6 Å². The van der Waals surface area contributed by atoms with Crippen LogP contribution >= 0.6 is 23.6 Å². The first-order valence-electron chi connectivity index (χ1n) is 7.26. The number of hydrogen-bond acceptors (Lipinski definition) is 6. The van der Waals surface area contributed by atoms with Gasteiger partial charge in [0.05, 0.1) is 31.3 Å². The van der Waals surface area contributed by atoms with Gasteiger partial charge in [0.2, 0.25) is 0 Å². The molecule has 0 bridgehead atoms. The van der Waals surface area contributed by atoms with Gasteiger partial charge in [-0.05, 0) is 50.2 Å². The van der Waals surface area contributed by atoms with Crippen LogP contribution < -0.4 is 0 Å². The first kappa shape index (κ1) is 22.9. The molecule has 0 amide bonds. The fraction of sp³-hybridized carbons (Fsp3) is 0.923. The number of ether oxygens (including phenoxy) is 2. The second-order valence-corrected chi connectivity index (χ2v) is 8.82. The van der Waals surface area contributed by atoms with Gasteiger partial charge in [0.15, 0.2) is 9.84 Å². The smallest absolute Gasteiger partial charge is 0.303 e. The van der Waals surface area contributed by atoms with Gasteiger partial charge in [-0.25, -0.2) is 8.42 Å². The third-order valence-corrected chi connectivity index (χ3v) is 5.60. The lowest BCUT2D eigenvalue weighted by Crippen LogP contribution is -2.34. The van der Waals surface area contributed by atoms with Crippen molar-refractivity contribution in [1.82, 2.24) is 3.94 Å². The monoisotopic (exact) mass is 393 g/mol. The van der Waals surface area contributed by atoms with Crippen LogP contribution in [0.3, 0.4) is 0 Å². The number of aliphatic carboxylic acids is 1. The molecule has 0 fully saturated rings. The molecule has 0 aliphatic heterocycles. The molecule has 0 saturated carbocycles. The van der Waals surface area contributed by atoms with Crippen molar-refractivity contribution in [2.75, 3.05) is 37.9 Å². The maximum atomic E-state index is 11.9. The standard InChI is InChI=1S/C13H25Cl2NO6S/c1-13(2,16(14)15)5-10-23(19,20)11-9-22-8-7-21-6-3-4-12(17)18/h3-11H2,1-2H3,(H,17,18). The van der Waals surface area contributed by atoms with E-state index in [9.17, 15) is 13.2 Å². The SMILES string of the molecule is CC(C)(CCS(=O)(=O)CCOCCOCCCC(=O)O)N(Cl)Cl. The average molecular weight is 394 g/mol. The maximum Gasteiger partial charge on any atom is 0.303 e. The largest absolute Gasteiger partial charge is 0.481 e. The fourth-order valence-corrected chi connectivity index (χ4v) is 2.98. The van der Waals surface area contributed by atoms with E-state index in [0.717, 1.165) is 3.94 Å². The van der Waals surface area contributed by atoms with Gasteiger partial charge in [-0.15, -0.1) is 3.94 Å². The Hall–Kier alpha value is -0.120. The Bertz CT molecular complexity index is 442. The van der Waals surface area contributed by atoms with Crippen LogP contribution in [0, 0.1) is 0 Å². The average Bonchev–Trinajstić information content (AvgIpc) is 2.43. The summed E-state index contributed by atoms with van der Waals surface area (Å²) >= 11 is 11.3. The highest BCUT2D eigenvalue weighted by Crippen LogP contribution is 2.24. The lowest BCUT2D eigenvalue weighted by atomic mass is 10.0. The molecule has 0 aliphatic carbocycles. The first-order chi connectivity index (χ1) is 10.6. The molecular formula is C13H25Cl2NO6S. The minimum atomic E-state index is -3.23. The van der Waals surface area contributed by atoms with Crippen molar-refractivity contribution >= 4 is 39.4 Å². The van der Waals surface area contributed by atoms with Crippen LogP contribution in [0.4, 0.5) is 0 Å². The predicted molar refractivity (Wildman–Crippen MR) is 89.4 cm³/mol. The van der Waals surface area contributed by atoms with Gasteiger partial charge >= 0.3 is 5.97 Å². The topological polar surface area (TPSA) is 93.1 Å². The van der Waals surface area contributed by atoms with Crippen molar-refractivity contribution in [2.24, 2.45) is 0 Å². The summed E-state index contributed by atoms with van der Waals surface area (Å²) < 4.78 is 35.0. The summed E-state index contributed by atoms with van der Waals surface area (Å²) in [5, 5.41) is 8.43. The van der Waals surface area contributed by atoms with Crippen LogP contribution in [-0.2, 0) is 24.1 Å². The lowest BCUT2D eigenvalue weighted by molar-refractivity contribution is -0.137. The third-order valence-electron chi connectivity index (χ3n) is 3.07. The summed E-state index contributed by atoms with van der Waals surface area (Å²) in [6, 6.07) is 0. The molecule has 0 aliphatic rings. The number of rotatable bonds is 14. The van der Waals surface area contributed by atoms with Gasteiger partial charge in [0.25, 0.3) is 0 Å². The Labute approximate surface area is 148 Å². The van der Waals surface area contributed by atoms with Crippen LogP contribution in [0.1, 0.15) is 33.1 Å². The number of carboxylic acids is 1. The summed E-state index contributed by atoms with van der Waals surface area (Å²) in [4.78, 5) is 10.3. The summed E-state index contributed by atoms with van der Waals surface area (Å²) in [6.45, 7) is 4.51. The molecule has 138 valence electrons. The summed E-state index contributed by atoms with van der Waals surface area (Å²) in [5.41, 5.74) is -0.624. The molecule has 0 saturated heterocycles. The zero-order valence-corrected chi connectivity index (χ0v) is 15.8. The molecule has 23 heavy (non-hydrogen) atoms. The Balaban J connectivity index is 3.69. The number of halogens is 2. The molecule has 0 atom stereocenters. The number of hydrogen-bond donors (Lipinski definition) is 1. The zero-order valence-electron chi connectivity index (χ0n) is 13.5. The van der Waals surface area contributed by atoms with Gasteiger partial charge in [-0.2, -0.15) is 0 Å². The van der Waals surface area contributed by atoms with Crippen molar-refractivity contribution in [3.05, 3.63) is 0 Å². The van der Waals surface area contributed by atoms with Crippen molar-refractivity contribution in [1.29, 1.82) is 0 Å². The molecule has 10 heteroatoms. The minimum absolute atomic E-state index is 0.0228. The highest BCUT2D eigenvalue weighted by atomic mass is 35.5. The Morgan fingerprint density at radius 2 is 1.65 bits per heavy atom. The van der Waals surface area contributed by atoms with E-state index in [4.69, 9.17) is 38.1 Å². The van der Waals surface area contributed by atoms with E-state index in [1.807, 2.05) is 0 Å². The third kappa shape index (κ3) is 12.9. The second-order valence-electron chi connectivity index (χ2n) is 5.67. The van der Waals surface area contributed by atoms with E-state index in [-0.39, 0.29) is 31.1 Å². The zero-order chi connectivity index (χ0) is 17.9. The highest BCUT2D eigenvalue weighted by Gasteiger charge is 2.26. The molecule has 0 unspecified atom stereocenters. The minimum Gasteiger partial charge on any atom is -0.481 e. The van der Waals surface area contributed by atoms with Crippen molar-refractivity contribution in [3.63, 3.8) is 0 Å². The van der Waals surface area contributed by atoms with E-state index in [1.54, 1.807) is 13.8 Å². The molecule has 0 rings (SSSR count). The second kappa shape index (κ2) is 11.4. The number of carbonyl (C=O) groups is 1. The molecule has 0 radical (unpaired) electrons. The summed E-state index contributed by atoms with van der Waals surface area (Å²) in [5.74, 6) is -0.956. The van der Waals surface area contributed by atoms with Gasteiger partial charge in [-0.3, -0.25) is 4.79 Å². The number of nitrogens with zero attached hydrogens (tertiary/aromatic N) is 1. The molecule has 0 spiro atoms. The van der Waals surface area contributed by atoms with E-state index in [1.165, 1.54) is 0 Å². The Kier molecular flexibility index (Phi) is 11.4. The van der Waals surface area contributed by atoms with Gasteiger partial charge in [0.1, 0.15) is 0 Å². The first-order valence-corrected chi connectivity index (χ1v) is 9.76. The van der Waals surface area contributed by atoms with Crippen LogP contribution in [-0.4, -0.2) is 66.9 Å². The van der Waals surface area contributed by atoms with Gasteiger partial charge in [-0.1, -0.05) is 0 Å². The van der Waals surface area contributed by atoms with E-state index < -0.39 is 21.3 Å². The van der Waals surface area contributed by atoms with E-state index in [0.29, 0.717) is 26.1 Å². The molecule has 0 aromatic carbocycles. The quantitative estimate of drug-likeness (QED) is 0.356. The van der Waals surface area contributed by atoms with Crippen LogP contribution in [0.15, 0.2) is 0 Å². The van der Waals surface area contributed by atoms with Crippen LogP contribution in [0.25, 0.3) is 0 Å². The Morgan fingerprint density at radius 3 is 2.17 bits per heavy atom. The van der Waals surface area contributed by atoms with Gasteiger partial charge in [0, 0.05) is 18.6 Å². The van der Waals surface area contributed by atoms with Crippen LogP contribution in [0.5, 0.6) is 0 Å². The van der Waals surface area contributed by atoms with E-state index in [2.05, 4.69) is 0 Å². The Morgan fingerprint density at radius 1 is 1.09 bits per heavy atom. The van der Waals surface area contributed by atoms with Crippen LogP contribution in [0.2, 0.25) is 0 Å². The number of sulfone groups is 1. The number of carboxylic acid groups (broad SMARTS) is 1. The van der Waals surface area contributed by atoms with Crippen molar-refractivity contribution < 1.29 is 27.8 Å². The molecular weight excluding hydrogens is 369 g/mol. The summed E-state index contributed by atoms with van der Waals surface area (Å²) in [7, 11) is -3.23.